The van der Waals surface area contributed by atoms with Crippen molar-refractivity contribution < 1.29 is 0 Å². The highest BCUT2D eigenvalue weighted by molar-refractivity contribution is 7.99. The summed E-state index contributed by atoms with van der Waals surface area (Å²) in [5.41, 5.74) is 0. The minimum atomic E-state index is 0.962. The van der Waals surface area contributed by atoms with Crippen LogP contribution in [0.5, 0.6) is 0 Å². The standard InChI is InChI=1S/C10H13N3S2/c1-3-6-15-10-12-11-9(13(10)2)8-5-4-7-14-8/h4-5,7H,3,6H2,1-2H3. The number of thioether (sulfide) groups is 1. The van der Waals surface area contributed by atoms with Crippen molar-refractivity contribution in [3.8, 4) is 10.7 Å². The fraction of sp³-hybridized carbons (Fsp3) is 0.400. The van der Waals surface area contributed by atoms with Gasteiger partial charge in [0.1, 0.15) is 0 Å². The van der Waals surface area contributed by atoms with Gasteiger partial charge in [0.15, 0.2) is 11.0 Å². The lowest BCUT2D eigenvalue weighted by Gasteiger charge is -2.00. The number of nitrogens with zero attached hydrogens (tertiary/aromatic N) is 3. The Balaban J connectivity index is 2.24. The van der Waals surface area contributed by atoms with Crippen LogP contribution in [0.4, 0.5) is 0 Å². The molecule has 3 nitrogen and oxygen atoms in total. The Bertz CT molecular complexity index is 420. The van der Waals surface area contributed by atoms with E-state index in [2.05, 4.69) is 33.1 Å². The van der Waals surface area contributed by atoms with Gasteiger partial charge < -0.3 is 4.57 Å². The molecule has 0 atom stereocenters. The minimum Gasteiger partial charge on any atom is -0.305 e. The molecule has 5 heteroatoms. The molecule has 2 rings (SSSR count). The lowest BCUT2D eigenvalue weighted by atomic mass is 10.4. The predicted molar refractivity (Wildman–Crippen MR) is 65.3 cm³/mol. The lowest BCUT2D eigenvalue weighted by molar-refractivity contribution is 0.794. The van der Waals surface area contributed by atoms with Crippen molar-refractivity contribution in [2.24, 2.45) is 7.05 Å². The van der Waals surface area contributed by atoms with Crippen molar-refractivity contribution in [2.75, 3.05) is 5.75 Å². The molecule has 2 aromatic rings. The van der Waals surface area contributed by atoms with Crippen molar-refractivity contribution in [3.05, 3.63) is 17.5 Å². The summed E-state index contributed by atoms with van der Waals surface area (Å²) < 4.78 is 2.06. The van der Waals surface area contributed by atoms with Crippen LogP contribution < -0.4 is 0 Å². The molecule has 2 heterocycles. The van der Waals surface area contributed by atoms with Crippen LogP contribution in [0.15, 0.2) is 22.7 Å². The van der Waals surface area contributed by atoms with E-state index in [1.807, 2.05) is 13.1 Å². The molecule has 0 amide bonds. The van der Waals surface area contributed by atoms with Gasteiger partial charge in [-0.05, 0) is 17.9 Å². The molecule has 0 bridgehead atoms. The second-order valence-electron chi connectivity index (χ2n) is 3.19. The van der Waals surface area contributed by atoms with Gasteiger partial charge in [0.2, 0.25) is 0 Å². The Morgan fingerprint density at radius 2 is 2.33 bits per heavy atom. The van der Waals surface area contributed by atoms with Crippen LogP contribution >= 0.6 is 23.1 Å². The van der Waals surface area contributed by atoms with Gasteiger partial charge in [0.05, 0.1) is 4.88 Å². The van der Waals surface area contributed by atoms with E-state index in [-0.39, 0.29) is 0 Å². The Morgan fingerprint density at radius 1 is 1.47 bits per heavy atom. The van der Waals surface area contributed by atoms with Crippen molar-refractivity contribution in [1.29, 1.82) is 0 Å². The van der Waals surface area contributed by atoms with Crippen LogP contribution in [0.1, 0.15) is 13.3 Å². The van der Waals surface area contributed by atoms with E-state index in [1.54, 1.807) is 23.1 Å². The second-order valence-corrected chi connectivity index (χ2v) is 5.20. The van der Waals surface area contributed by atoms with Crippen molar-refractivity contribution in [2.45, 2.75) is 18.5 Å². The van der Waals surface area contributed by atoms with Crippen LogP contribution in [0.25, 0.3) is 10.7 Å². The summed E-state index contributed by atoms with van der Waals surface area (Å²) in [5.74, 6) is 2.06. The van der Waals surface area contributed by atoms with Crippen LogP contribution in [0, 0.1) is 0 Å². The van der Waals surface area contributed by atoms with E-state index < -0.39 is 0 Å². The summed E-state index contributed by atoms with van der Waals surface area (Å²) in [6, 6.07) is 4.11. The average Bonchev–Trinajstić information content (AvgIpc) is 2.84. The van der Waals surface area contributed by atoms with Gasteiger partial charge in [-0.2, -0.15) is 0 Å². The normalized spacial score (nSPS) is 10.8. The number of thiophene rings is 1. The topological polar surface area (TPSA) is 30.7 Å². The van der Waals surface area contributed by atoms with Crippen LogP contribution in [-0.4, -0.2) is 20.5 Å². The number of rotatable bonds is 4. The number of aromatic nitrogens is 3. The van der Waals surface area contributed by atoms with Gasteiger partial charge in [-0.25, -0.2) is 0 Å². The quantitative estimate of drug-likeness (QED) is 0.768. The van der Waals surface area contributed by atoms with E-state index in [9.17, 15) is 0 Å². The van der Waals surface area contributed by atoms with Gasteiger partial charge in [0, 0.05) is 12.8 Å². The first-order valence-corrected chi connectivity index (χ1v) is 6.75. The summed E-state index contributed by atoms with van der Waals surface area (Å²) in [7, 11) is 2.02. The Hall–Kier alpha value is -0.810. The van der Waals surface area contributed by atoms with E-state index in [1.165, 1.54) is 4.88 Å². The fourth-order valence-electron chi connectivity index (χ4n) is 1.25. The monoisotopic (exact) mass is 239 g/mol. The zero-order chi connectivity index (χ0) is 10.7. The van der Waals surface area contributed by atoms with Crippen molar-refractivity contribution >= 4 is 23.1 Å². The third kappa shape index (κ3) is 2.23. The maximum absolute atomic E-state index is 4.21. The average molecular weight is 239 g/mol. The van der Waals surface area contributed by atoms with Gasteiger partial charge in [-0.1, -0.05) is 24.8 Å². The summed E-state index contributed by atoms with van der Waals surface area (Å²) in [4.78, 5) is 1.17. The van der Waals surface area contributed by atoms with Crippen LogP contribution in [0.2, 0.25) is 0 Å². The van der Waals surface area contributed by atoms with Gasteiger partial charge >= 0.3 is 0 Å². The Labute approximate surface area is 97.5 Å². The van der Waals surface area contributed by atoms with E-state index in [0.717, 1.165) is 23.2 Å². The molecule has 80 valence electrons. The molecule has 0 aromatic carbocycles. The van der Waals surface area contributed by atoms with Gasteiger partial charge in [-0.3, -0.25) is 0 Å². The molecule has 0 radical (unpaired) electrons. The lowest BCUT2D eigenvalue weighted by Crippen LogP contribution is -1.93. The largest absolute Gasteiger partial charge is 0.305 e. The first-order chi connectivity index (χ1) is 7.33. The molecule has 0 spiro atoms. The summed E-state index contributed by atoms with van der Waals surface area (Å²) >= 11 is 3.45. The van der Waals surface area contributed by atoms with E-state index >= 15 is 0 Å². The maximum Gasteiger partial charge on any atom is 0.191 e. The Kier molecular flexibility index (Phi) is 3.43. The molecule has 2 aromatic heterocycles. The minimum absolute atomic E-state index is 0.962. The fourth-order valence-corrected chi connectivity index (χ4v) is 2.76. The first kappa shape index (κ1) is 10.7. The highest BCUT2D eigenvalue weighted by atomic mass is 32.2. The molecule has 0 unspecified atom stereocenters. The molecular weight excluding hydrogens is 226 g/mol. The Morgan fingerprint density at radius 3 is 3.00 bits per heavy atom. The molecule has 0 saturated carbocycles. The molecule has 15 heavy (non-hydrogen) atoms. The van der Waals surface area contributed by atoms with E-state index in [0.29, 0.717) is 0 Å². The van der Waals surface area contributed by atoms with Gasteiger partial charge in [0.25, 0.3) is 0 Å². The molecule has 0 aliphatic carbocycles. The highest BCUT2D eigenvalue weighted by Crippen LogP contribution is 2.25. The molecule has 0 saturated heterocycles. The molecule has 0 N–H and O–H groups in total. The highest BCUT2D eigenvalue weighted by Gasteiger charge is 2.10. The summed E-state index contributed by atoms with van der Waals surface area (Å²) in [6.07, 6.45) is 1.16. The SMILES string of the molecule is CCCSc1nnc(-c2cccs2)n1C. The maximum atomic E-state index is 4.21. The smallest absolute Gasteiger partial charge is 0.191 e. The van der Waals surface area contributed by atoms with Crippen molar-refractivity contribution in [1.82, 2.24) is 14.8 Å². The third-order valence-corrected chi connectivity index (χ3v) is 4.10. The first-order valence-electron chi connectivity index (χ1n) is 4.89. The van der Waals surface area contributed by atoms with Crippen LogP contribution in [0.3, 0.4) is 0 Å². The molecule has 0 aliphatic heterocycles. The molecule has 0 aliphatic rings. The van der Waals surface area contributed by atoms with Crippen molar-refractivity contribution in [3.63, 3.8) is 0 Å². The summed E-state index contributed by atoms with van der Waals surface area (Å²) in [6.45, 7) is 2.17. The number of hydrogen-bond acceptors (Lipinski definition) is 4. The second kappa shape index (κ2) is 4.81. The zero-order valence-corrected chi connectivity index (χ0v) is 10.4. The molecular formula is C10H13N3S2. The zero-order valence-electron chi connectivity index (χ0n) is 8.80. The third-order valence-electron chi connectivity index (χ3n) is 2.01. The summed E-state index contributed by atoms with van der Waals surface area (Å²) in [5, 5.41) is 11.5. The van der Waals surface area contributed by atoms with E-state index in [4.69, 9.17) is 0 Å². The van der Waals surface area contributed by atoms with Gasteiger partial charge in [-0.15, -0.1) is 21.5 Å². The van der Waals surface area contributed by atoms with Crippen LogP contribution in [-0.2, 0) is 7.05 Å². The molecule has 0 fully saturated rings. The number of hydrogen-bond donors (Lipinski definition) is 0. The predicted octanol–water partition coefficient (Wildman–Crippen LogP) is 3.05.